The van der Waals surface area contributed by atoms with Gasteiger partial charge in [0.2, 0.25) is 10.0 Å². The number of sulfonamides is 1. The van der Waals surface area contributed by atoms with Crippen molar-refractivity contribution in [3.63, 3.8) is 0 Å². The zero-order valence-electron chi connectivity index (χ0n) is 19.1. The molecule has 1 aliphatic heterocycles. The summed E-state index contributed by atoms with van der Waals surface area (Å²) in [7, 11) is -3.87. The fourth-order valence-corrected chi connectivity index (χ4v) is 7.10. The first-order chi connectivity index (χ1) is 15.3. The van der Waals surface area contributed by atoms with Crippen LogP contribution in [0, 0.1) is 5.92 Å². The van der Waals surface area contributed by atoms with Crippen LogP contribution in [0.25, 0.3) is 16.3 Å². The van der Waals surface area contributed by atoms with Crippen LogP contribution in [-0.4, -0.2) is 40.9 Å². The van der Waals surface area contributed by atoms with E-state index in [1.165, 1.54) is 11.3 Å². The van der Waals surface area contributed by atoms with Gasteiger partial charge in [-0.05, 0) is 55.7 Å². The summed E-state index contributed by atoms with van der Waals surface area (Å²) < 4.78 is 37.9. The van der Waals surface area contributed by atoms with Gasteiger partial charge in [-0.15, -0.1) is 11.3 Å². The fraction of sp³-hybridized carbons (Fsp3) is 0.458. The monoisotopic (exact) mass is 473 g/mol. The van der Waals surface area contributed by atoms with Crippen molar-refractivity contribution >= 4 is 21.4 Å². The maximum atomic E-state index is 14.2. The van der Waals surface area contributed by atoms with Gasteiger partial charge >= 0.3 is 0 Å². The summed E-state index contributed by atoms with van der Waals surface area (Å²) in [6.07, 6.45) is 3.88. The maximum absolute atomic E-state index is 14.2. The van der Waals surface area contributed by atoms with Gasteiger partial charge in [-0.25, -0.2) is 13.1 Å². The lowest BCUT2D eigenvalue weighted by atomic mass is 10.0. The van der Waals surface area contributed by atoms with E-state index in [-0.39, 0.29) is 10.9 Å². The van der Waals surface area contributed by atoms with Gasteiger partial charge in [-0.2, -0.15) is 9.40 Å². The van der Waals surface area contributed by atoms with Crippen LogP contribution in [0.5, 0.6) is 0 Å². The third-order valence-electron chi connectivity index (χ3n) is 6.03. The molecule has 6 nitrogen and oxygen atoms in total. The van der Waals surface area contributed by atoms with Crippen molar-refractivity contribution in [3.8, 4) is 16.3 Å². The molecule has 3 aromatic rings. The standard InChI is InChI=1S/C24H31N3O3S2/c1-5-19-17-30-24(4,14-13-18(2)3)27(19)32(28,29)22-16-26(20-10-7-6-8-11-20)25-23(22)21-12-9-15-31-21/h6-12,15-16,18-19H,5,13-14,17H2,1-4H3. The lowest BCUT2D eigenvalue weighted by Gasteiger charge is -2.35. The molecule has 2 aromatic heterocycles. The fourth-order valence-electron chi connectivity index (χ4n) is 4.22. The third kappa shape index (κ3) is 4.29. The van der Waals surface area contributed by atoms with Crippen molar-refractivity contribution in [2.75, 3.05) is 6.61 Å². The van der Waals surface area contributed by atoms with E-state index < -0.39 is 15.7 Å². The summed E-state index contributed by atoms with van der Waals surface area (Å²) in [4.78, 5) is 1.05. The minimum atomic E-state index is -3.87. The zero-order chi connectivity index (χ0) is 22.9. The molecule has 2 atom stereocenters. The molecule has 0 amide bonds. The van der Waals surface area contributed by atoms with E-state index in [2.05, 4.69) is 13.8 Å². The second kappa shape index (κ2) is 9.09. The molecular weight excluding hydrogens is 442 g/mol. The normalized spacial score (nSPS) is 22.1. The van der Waals surface area contributed by atoms with Crippen LogP contribution in [-0.2, 0) is 14.8 Å². The Balaban J connectivity index is 1.84. The highest BCUT2D eigenvalue weighted by atomic mass is 32.2. The molecule has 1 saturated heterocycles. The van der Waals surface area contributed by atoms with Crippen LogP contribution in [0.2, 0.25) is 0 Å². The minimum Gasteiger partial charge on any atom is -0.358 e. The molecule has 0 aliphatic carbocycles. The Hall–Kier alpha value is -2.00. The van der Waals surface area contributed by atoms with Crippen molar-refractivity contribution in [2.24, 2.45) is 5.92 Å². The lowest BCUT2D eigenvalue weighted by molar-refractivity contribution is -0.0433. The molecule has 0 saturated carbocycles. The molecule has 32 heavy (non-hydrogen) atoms. The van der Waals surface area contributed by atoms with Crippen LogP contribution < -0.4 is 0 Å². The Labute approximate surface area is 194 Å². The number of rotatable bonds is 8. The van der Waals surface area contributed by atoms with Gasteiger partial charge in [0.05, 0.1) is 29.4 Å². The molecule has 0 N–H and O–H groups in total. The molecule has 2 unspecified atom stereocenters. The van der Waals surface area contributed by atoms with Gasteiger partial charge in [0.1, 0.15) is 16.3 Å². The predicted molar refractivity (Wildman–Crippen MR) is 128 cm³/mol. The van der Waals surface area contributed by atoms with Crippen LogP contribution >= 0.6 is 11.3 Å². The average molecular weight is 474 g/mol. The molecule has 172 valence electrons. The van der Waals surface area contributed by atoms with Gasteiger partial charge in [0.15, 0.2) is 0 Å². The first kappa shape index (κ1) is 23.2. The van der Waals surface area contributed by atoms with Crippen molar-refractivity contribution in [1.82, 2.24) is 14.1 Å². The van der Waals surface area contributed by atoms with Crippen molar-refractivity contribution < 1.29 is 13.2 Å². The lowest BCUT2D eigenvalue weighted by Crippen LogP contribution is -2.49. The van der Waals surface area contributed by atoms with Crippen molar-refractivity contribution in [3.05, 3.63) is 54.0 Å². The van der Waals surface area contributed by atoms with Gasteiger partial charge < -0.3 is 4.74 Å². The predicted octanol–water partition coefficient (Wildman–Crippen LogP) is 5.55. The average Bonchev–Trinajstić information content (AvgIpc) is 3.51. The molecule has 1 aliphatic rings. The van der Waals surface area contributed by atoms with Crippen molar-refractivity contribution in [2.45, 2.75) is 63.6 Å². The second-order valence-corrected chi connectivity index (χ2v) is 11.6. The quantitative estimate of drug-likeness (QED) is 0.430. The minimum absolute atomic E-state index is 0.201. The number of ether oxygens (including phenoxy) is 1. The number of nitrogens with zero attached hydrogens (tertiary/aromatic N) is 3. The van der Waals surface area contributed by atoms with Crippen LogP contribution in [0.3, 0.4) is 0 Å². The summed E-state index contributed by atoms with van der Waals surface area (Å²) in [5, 5.41) is 6.65. The van der Waals surface area contributed by atoms with Crippen LogP contribution in [0.1, 0.15) is 47.0 Å². The number of hydrogen-bond donors (Lipinski definition) is 0. The molecule has 0 radical (unpaired) electrons. The number of benzene rings is 1. The summed E-state index contributed by atoms with van der Waals surface area (Å²) in [6.45, 7) is 8.62. The Morgan fingerprint density at radius 1 is 1.22 bits per heavy atom. The second-order valence-electron chi connectivity index (χ2n) is 8.88. The SMILES string of the molecule is CCC1COC(C)(CCC(C)C)N1S(=O)(=O)c1cn(-c2ccccc2)nc1-c1cccs1. The highest BCUT2D eigenvalue weighted by Crippen LogP contribution is 2.41. The number of thiophene rings is 1. The van der Waals surface area contributed by atoms with E-state index >= 15 is 0 Å². The molecule has 0 spiro atoms. The van der Waals surface area contributed by atoms with Gasteiger partial charge in [0.25, 0.3) is 0 Å². The Morgan fingerprint density at radius 3 is 2.59 bits per heavy atom. The Kier molecular flexibility index (Phi) is 6.58. The Bertz CT molecular complexity index is 1140. The number of hydrogen-bond acceptors (Lipinski definition) is 5. The van der Waals surface area contributed by atoms with Gasteiger partial charge in [-0.3, -0.25) is 0 Å². The van der Waals surface area contributed by atoms with Crippen LogP contribution in [0.15, 0.2) is 58.9 Å². The molecule has 8 heteroatoms. The van der Waals surface area contributed by atoms with E-state index in [0.717, 1.165) is 17.0 Å². The highest BCUT2D eigenvalue weighted by molar-refractivity contribution is 7.89. The summed E-state index contributed by atoms with van der Waals surface area (Å²) >= 11 is 1.49. The van der Waals surface area contributed by atoms with E-state index in [1.807, 2.05) is 61.7 Å². The van der Waals surface area contributed by atoms with Gasteiger partial charge in [-0.1, -0.05) is 45.0 Å². The van der Waals surface area contributed by atoms with Crippen LogP contribution in [0.4, 0.5) is 0 Å². The summed E-state index contributed by atoms with van der Waals surface area (Å²) in [5.41, 5.74) is 0.432. The number of para-hydroxylation sites is 1. The summed E-state index contributed by atoms with van der Waals surface area (Å²) in [5.74, 6) is 0.461. The smallest absolute Gasteiger partial charge is 0.249 e. The van der Waals surface area contributed by atoms with E-state index in [4.69, 9.17) is 9.84 Å². The highest BCUT2D eigenvalue weighted by Gasteiger charge is 2.51. The van der Waals surface area contributed by atoms with E-state index in [0.29, 0.717) is 31.1 Å². The first-order valence-electron chi connectivity index (χ1n) is 11.1. The zero-order valence-corrected chi connectivity index (χ0v) is 20.7. The summed E-state index contributed by atoms with van der Waals surface area (Å²) in [6, 6.07) is 13.2. The largest absolute Gasteiger partial charge is 0.358 e. The maximum Gasteiger partial charge on any atom is 0.249 e. The Morgan fingerprint density at radius 2 is 1.97 bits per heavy atom. The number of aromatic nitrogens is 2. The molecule has 1 fully saturated rings. The molecule has 4 rings (SSSR count). The van der Waals surface area contributed by atoms with E-state index in [9.17, 15) is 8.42 Å². The molecular formula is C24H31N3O3S2. The topological polar surface area (TPSA) is 64.4 Å². The first-order valence-corrected chi connectivity index (χ1v) is 13.5. The van der Waals surface area contributed by atoms with Gasteiger partial charge in [0, 0.05) is 0 Å². The van der Waals surface area contributed by atoms with E-state index in [1.54, 1.807) is 15.2 Å². The molecule has 0 bridgehead atoms. The third-order valence-corrected chi connectivity index (χ3v) is 8.97. The molecule has 1 aromatic carbocycles. The van der Waals surface area contributed by atoms with Crippen molar-refractivity contribution in [1.29, 1.82) is 0 Å². The molecule has 3 heterocycles.